The van der Waals surface area contributed by atoms with Gasteiger partial charge in [-0.15, -0.1) is 0 Å². The highest BCUT2D eigenvalue weighted by Gasteiger charge is 2.22. The fraction of sp³-hybridized carbons (Fsp3) is 0.136. The Bertz CT molecular complexity index is 1430. The molecule has 0 fully saturated rings. The van der Waals surface area contributed by atoms with E-state index in [-0.39, 0.29) is 0 Å². The van der Waals surface area contributed by atoms with Crippen LogP contribution in [0.4, 0.5) is 11.5 Å². The molecule has 33 heavy (non-hydrogen) atoms. The molecular formula is C22H18Cl2N8O. The smallest absolute Gasteiger partial charge is 0.180 e. The van der Waals surface area contributed by atoms with E-state index in [4.69, 9.17) is 37.9 Å². The number of aryl methyl sites for hydroxylation is 1. The van der Waals surface area contributed by atoms with Gasteiger partial charge in [0.05, 0.1) is 42.5 Å². The number of aromatic amines is 1. The Labute approximate surface area is 199 Å². The summed E-state index contributed by atoms with van der Waals surface area (Å²) in [4.78, 5) is 23.3. The summed E-state index contributed by atoms with van der Waals surface area (Å²) in [6, 6.07) is 7.15. The van der Waals surface area contributed by atoms with Gasteiger partial charge in [0, 0.05) is 31.2 Å². The van der Waals surface area contributed by atoms with Crippen molar-refractivity contribution in [2.45, 2.75) is 6.54 Å². The van der Waals surface area contributed by atoms with Gasteiger partial charge in [-0.2, -0.15) is 5.10 Å². The van der Waals surface area contributed by atoms with Crippen molar-refractivity contribution in [1.29, 1.82) is 0 Å². The first-order chi connectivity index (χ1) is 16.0. The first-order valence-corrected chi connectivity index (χ1v) is 10.7. The largest absolute Gasteiger partial charge is 0.495 e. The molecule has 0 atom stereocenters. The fourth-order valence-electron chi connectivity index (χ4n) is 3.47. The van der Waals surface area contributed by atoms with Crippen LogP contribution in [0.25, 0.3) is 22.4 Å². The van der Waals surface area contributed by atoms with Crippen LogP contribution >= 0.6 is 23.2 Å². The summed E-state index contributed by atoms with van der Waals surface area (Å²) in [6.07, 6.45) is 8.75. The standard InChI is InChI=1S/C22H18Cl2N8O/c1-31-11-13(9-28-31)16-10-27-15-4-6-19(30-22(15)29-16)32(12-18-25-7-8-26-18)21-14(23)3-5-17(33-2)20(21)24/h3-11H,12H2,1-2H3,(H,25,26). The molecule has 0 aliphatic carbocycles. The van der Waals surface area contributed by atoms with Crippen LogP contribution in [0.15, 0.2) is 55.2 Å². The number of hydrogen-bond acceptors (Lipinski definition) is 7. The number of benzene rings is 1. The second kappa shape index (κ2) is 8.68. The van der Waals surface area contributed by atoms with Crippen LogP contribution in [0.5, 0.6) is 5.75 Å². The molecule has 0 saturated carbocycles. The number of rotatable bonds is 6. The van der Waals surface area contributed by atoms with Gasteiger partial charge in [0.25, 0.3) is 0 Å². The summed E-state index contributed by atoms with van der Waals surface area (Å²) in [7, 11) is 3.40. The van der Waals surface area contributed by atoms with E-state index < -0.39 is 0 Å². The third-order valence-electron chi connectivity index (χ3n) is 5.05. The Hall–Kier alpha value is -3.69. The highest BCUT2D eigenvalue weighted by atomic mass is 35.5. The van der Waals surface area contributed by atoms with Gasteiger partial charge in [0.15, 0.2) is 5.65 Å². The molecule has 5 aromatic rings. The van der Waals surface area contributed by atoms with Gasteiger partial charge in [-0.25, -0.2) is 15.0 Å². The second-order valence-electron chi connectivity index (χ2n) is 7.20. The minimum Gasteiger partial charge on any atom is -0.495 e. The Balaban J connectivity index is 1.65. The number of pyridine rings is 1. The van der Waals surface area contributed by atoms with Crippen molar-refractivity contribution in [2.24, 2.45) is 7.05 Å². The fourth-order valence-corrected chi connectivity index (χ4v) is 4.12. The molecule has 0 aliphatic rings. The SMILES string of the molecule is COc1ccc(Cl)c(N(Cc2ncc[nH]2)c2ccc3ncc(-c4cnn(C)c4)nc3n2)c1Cl. The average molecular weight is 481 g/mol. The van der Waals surface area contributed by atoms with E-state index >= 15 is 0 Å². The van der Waals surface area contributed by atoms with Gasteiger partial charge in [-0.3, -0.25) is 9.67 Å². The van der Waals surface area contributed by atoms with Crippen molar-refractivity contribution >= 4 is 45.9 Å². The number of ether oxygens (including phenoxy) is 1. The van der Waals surface area contributed by atoms with E-state index in [1.165, 1.54) is 0 Å². The molecule has 0 amide bonds. The zero-order valence-electron chi connectivity index (χ0n) is 17.7. The summed E-state index contributed by atoms with van der Waals surface area (Å²) in [6.45, 7) is 0.341. The molecule has 0 radical (unpaired) electrons. The van der Waals surface area contributed by atoms with Crippen LogP contribution in [0.1, 0.15) is 5.82 Å². The lowest BCUT2D eigenvalue weighted by molar-refractivity contribution is 0.415. The molecule has 0 bridgehead atoms. The van der Waals surface area contributed by atoms with Gasteiger partial charge in [-0.1, -0.05) is 23.2 Å². The van der Waals surface area contributed by atoms with Crippen LogP contribution in [0.3, 0.4) is 0 Å². The number of hydrogen-bond donors (Lipinski definition) is 1. The predicted octanol–water partition coefficient (Wildman–Crippen LogP) is 4.80. The van der Waals surface area contributed by atoms with Crippen molar-refractivity contribution in [1.82, 2.24) is 34.7 Å². The van der Waals surface area contributed by atoms with E-state index in [2.05, 4.69) is 20.1 Å². The van der Waals surface area contributed by atoms with Crippen LogP contribution in [0.2, 0.25) is 10.0 Å². The van der Waals surface area contributed by atoms with Gasteiger partial charge in [0.1, 0.15) is 27.9 Å². The van der Waals surface area contributed by atoms with Crippen LogP contribution in [0, 0.1) is 0 Å². The highest BCUT2D eigenvalue weighted by molar-refractivity contribution is 6.40. The number of H-pyrrole nitrogens is 1. The Morgan fingerprint density at radius 2 is 1.97 bits per heavy atom. The number of imidazole rings is 1. The third kappa shape index (κ3) is 4.08. The number of aromatic nitrogens is 7. The number of fused-ring (bicyclic) bond motifs is 1. The molecule has 5 rings (SSSR count). The zero-order valence-corrected chi connectivity index (χ0v) is 19.2. The molecule has 0 saturated heterocycles. The summed E-state index contributed by atoms with van der Waals surface area (Å²) >= 11 is 13.3. The van der Waals surface area contributed by atoms with Crippen molar-refractivity contribution in [2.75, 3.05) is 12.0 Å². The number of nitrogens with zero attached hydrogens (tertiary/aromatic N) is 7. The number of methoxy groups -OCH3 is 1. The van der Waals surface area contributed by atoms with Crippen LogP contribution in [-0.4, -0.2) is 41.8 Å². The van der Waals surface area contributed by atoms with Crippen molar-refractivity contribution in [3.05, 3.63) is 71.1 Å². The average Bonchev–Trinajstić information content (AvgIpc) is 3.49. The monoisotopic (exact) mass is 480 g/mol. The minimum atomic E-state index is 0.341. The lowest BCUT2D eigenvalue weighted by atomic mass is 10.2. The molecule has 4 heterocycles. The molecule has 0 unspecified atom stereocenters. The molecule has 0 spiro atoms. The molecule has 4 aromatic heterocycles. The van der Waals surface area contributed by atoms with Crippen LogP contribution in [-0.2, 0) is 13.6 Å². The van der Waals surface area contributed by atoms with E-state index in [1.54, 1.807) is 48.7 Å². The molecule has 9 nitrogen and oxygen atoms in total. The van der Waals surface area contributed by atoms with E-state index in [0.717, 1.165) is 5.56 Å². The molecule has 166 valence electrons. The number of anilines is 2. The lowest BCUT2D eigenvalue weighted by Gasteiger charge is -2.26. The van der Waals surface area contributed by atoms with E-state index in [1.807, 2.05) is 30.3 Å². The van der Waals surface area contributed by atoms with E-state index in [0.29, 0.717) is 56.5 Å². The van der Waals surface area contributed by atoms with E-state index in [9.17, 15) is 0 Å². The lowest BCUT2D eigenvalue weighted by Crippen LogP contribution is -2.20. The Morgan fingerprint density at radius 3 is 2.70 bits per heavy atom. The van der Waals surface area contributed by atoms with Gasteiger partial charge in [-0.05, 0) is 24.3 Å². The van der Waals surface area contributed by atoms with Gasteiger partial charge in [0.2, 0.25) is 0 Å². The normalized spacial score (nSPS) is 11.2. The maximum absolute atomic E-state index is 6.68. The van der Waals surface area contributed by atoms with Crippen molar-refractivity contribution in [3.63, 3.8) is 0 Å². The molecule has 1 N–H and O–H groups in total. The van der Waals surface area contributed by atoms with Crippen LogP contribution < -0.4 is 9.64 Å². The summed E-state index contributed by atoms with van der Waals surface area (Å²) in [5.41, 5.74) is 3.22. The summed E-state index contributed by atoms with van der Waals surface area (Å²) in [5.74, 6) is 1.79. The predicted molar refractivity (Wildman–Crippen MR) is 127 cm³/mol. The topological polar surface area (TPSA) is 97.6 Å². The van der Waals surface area contributed by atoms with Crippen molar-refractivity contribution < 1.29 is 4.74 Å². The Kier molecular flexibility index (Phi) is 5.57. The molecule has 11 heteroatoms. The molecular weight excluding hydrogens is 463 g/mol. The quantitative estimate of drug-likeness (QED) is 0.372. The second-order valence-corrected chi connectivity index (χ2v) is 7.99. The maximum Gasteiger partial charge on any atom is 0.180 e. The van der Waals surface area contributed by atoms with Gasteiger partial charge >= 0.3 is 0 Å². The third-order valence-corrected chi connectivity index (χ3v) is 5.72. The van der Waals surface area contributed by atoms with Gasteiger partial charge < -0.3 is 14.6 Å². The maximum atomic E-state index is 6.68. The molecule has 0 aliphatic heterocycles. The Morgan fingerprint density at radius 1 is 1.09 bits per heavy atom. The number of halogens is 2. The summed E-state index contributed by atoms with van der Waals surface area (Å²) < 4.78 is 7.12. The minimum absolute atomic E-state index is 0.341. The summed E-state index contributed by atoms with van der Waals surface area (Å²) in [5, 5.41) is 5.02. The molecule has 1 aromatic carbocycles. The zero-order chi connectivity index (χ0) is 22.9. The number of nitrogens with one attached hydrogen (secondary N) is 1. The first-order valence-electron chi connectivity index (χ1n) is 9.94. The highest BCUT2D eigenvalue weighted by Crippen LogP contribution is 2.43. The van der Waals surface area contributed by atoms with Crippen molar-refractivity contribution in [3.8, 4) is 17.0 Å². The first kappa shape index (κ1) is 21.2.